The molecule has 0 heterocycles. The summed E-state index contributed by atoms with van der Waals surface area (Å²) in [5.41, 5.74) is -1.46. The van der Waals surface area contributed by atoms with Gasteiger partial charge in [0.05, 0.1) is 0 Å². The lowest BCUT2D eigenvalue weighted by Gasteiger charge is -2.39. The lowest BCUT2D eigenvalue weighted by Crippen LogP contribution is -2.49. The monoisotopic (exact) mass is 200 g/mol. The highest BCUT2D eigenvalue weighted by atomic mass is 16.4. The summed E-state index contributed by atoms with van der Waals surface area (Å²) in [6.45, 7) is 4.04. The zero-order valence-electron chi connectivity index (χ0n) is 8.99. The summed E-state index contributed by atoms with van der Waals surface area (Å²) in [5, 5.41) is 19.2. The zero-order chi connectivity index (χ0) is 10.8. The molecule has 3 heteroatoms. The van der Waals surface area contributed by atoms with Gasteiger partial charge in [-0.3, -0.25) is 0 Å². The van der Waals surface area contributed by atoms with Gasteiger partial charge >= 0.3 is 5.97 Å². The molecule has 0 aromatic heterocycles. The predicted molar refractivity (Wildman–Crippen MR) is 54.0 cm³/mol. The Morgan fingerprint density at radius 3 is 2.64 bits per heavy atom. The maximum Gasteiger partial charge on any atom is 0.335 e. The van der Waals surface area contributed by atoms with Gasteiger partial charge < -0.3 is 10.2 Å². The molecule has 14 heavy (non-hydrogen) atoms. The van der Waals surface area contributed by atoms with Crippen molar-refractivity contribution in [2.75, 3.05) is 0 Å². The van der Waals surface area contributed by atoms with Crippen LogP contribution in [0.5, 0.6) is 0 Å². The van der Waals surface area contributed by atoms with Gasteiger partial charge in [0.2, 0.25) is 0 Å². The third kappa shape index (κ3) is 2.08. The van der Waals surface area contributed by atoms with E-state index in [1.54, 1.807) is 0 Å². The fourth-order valence-corrected chi connectivity index (χ4v) is 2.52. The van der Waals surface area contributed by atoms with E-state index in [0.29, 0.717) is 12.3 Å². The van der Waals surface area contributed by atoms with Gasteiger partial charge in [0.25, 0.3) is 0 Å². The second-order valence-electron chi connectivity index (χ2n) is 4.60. The first-order valence-electron chi connectivity index (χ1n) is 5.46. The number of aliphatic hydroxyl groups is 1. The fraction of sp³-hybridized carbons (Fsp3) is 0.909. The molecular formula is C11H20O3. The van der Waals surface area contributed by atoms with Gasteiger partial charge in [0, 0.05) is 0 Å². The summed E-state index contributed by atoms with van der Waals surface area (Å²) >= 11 is 0. The van der Waals surface area contributed by atoms with Gasteiger partial charge in [0.15, 0.2) is 5.60 Å². The lowest BCUT2D eigenvalue weighted by atomic mass is 9.69. The van der Waals surface area contributed by atoms with Gasteiger partial charge in [-0.15, -0.1) is 0 Å². The van der Waals surface area contributed by atoms with E-state index in [1.165, 1.54) is 0 Å². The van der Waals surface area contributed by atoms with E-state index < -0.39 is 11.6 Å². The third-order valence-corrected chi connectivity index (χ3v) is 3.35. The maximum atomic E-state index is 11.1. The molecule has 0 amide bonds. The Bertz CT molecular complexity index is 215. The van der Waals surface area contributed by atoms with E-state index in [0.717, 1.165) is 25.7 Å². The van der Waals surface area contributed by atoms with Crippen molar-refractivity contribution in [1.82, 2.24) is 0 Å². The van der Waals surface area contributed by atoms with E-state index in [4.69, 9.17) is 5.11 Å². The molecule has 0 aliphatic heterocycles. The van der Waals surface area contributed by atoms with Crippen LogP contribution in [0.3, 0.4) is 0 Å². The van der Waals surface area contributed by atoms with Crippen LogP contribution in [0.4, 0.5) is 0 Å². The molecule has 82 valence electrons. The summed E-state index contributed by atoms with van der Waals surface area (Å²) in [6.07, 6.45) is 4.05. The van der Waals surface area contributed by atoms with Crippen LogP contribution in [-0.2, 0) is 4.79 Å². The van der Waals surface area contributed by atoms with Gasteiger partial charge in [0.1, 0.15) is 0 Å². The second kappa shape index (κ2) is 4.30. The molecule has 0 spiro atoms. The van der Waals surface area contributed by atoms with Gasteiger partial charge in [-0.05, 0) is 31.1 Å². The van der Waals surface area contributed by atoms with E-state index in [9.17, 15) is 9.90 Å². The zero-order valence-corrected chi connectivity index (χ0v) is 8.99. The van der Waals surface area contributed by atoms with Crippen LogP contribution in [0.1, 0.15) is 46.0 Å². The van der Waals surface area contributed by atoms with Crippen LogP contribution in [0.2, 0.25) is 0 Å². The quantitative estimate of drug-likeness (QED) is 0.733. The normalized spacial score (nSPS) is 38.2. The summed E-state index contributed by atoms with van der Waals surface area (Å²) in [7, 11) is 0. The van der Waals surface area contributed by atoms with E-state index in [-0.39, 0.29) is 5.92 Å². The SMILES string of the molecule is CCCC1CCC(C)CC1(O)C(=O)O. The minimum atomic E-state index is -1.46. The molecule has 0 bridgehead atoms. The van der Waals surface area contributed by atoms with Crippen molar-refractivity contribution < 1.29 is 15.0 Å². The third-order valence-electron chi connectivity index (χ3n) is 3.35. The first-order valence-corrected chi connectivity index (χ1v) is 5.46. The summed E-state index contributed by atoms with van der Waals surface area (Å²) < 4.78 is 0. The van der Waals surface area contributed by atoms with Crippen molar-refractivity contribution in [3.63, 3.8) is 0 Å². The number of hydrogen-bond donors (Lipinski definition) is 2. The summed E-state index contributed by atoms with van der Waals surface area (Å²) in [5.74, 6) is -0.770. The van der Waals surface area contributed by atoms with Crippen LogP contribution < -0.4 is 0 Å². The van der Waals surface area contributed by atoms with E-state index >= 15 is 0 Å². The number of aliphatic carboxylic acids is 1. The van der Waals surface area contributed by atoms with Crippen molar-refractivity contribution in [3.05, 3.63) is 0 Å². The number of carbonyl (C=O) groups is 1. The lowest BCUT2D eigenvalue weighted by molar-refractivity contribution is -0.172. The van der Waals surface area contributed by atoms with Gasteiger partial charge in [-0.2, -0.15) is 0 Å². The molecule has 0 aromatic rings. The molecule has 2 N–H and O–H groups in total. The first-order chi connectivity index (χ1) is 6.50. The molecule has 0 aromatic carbocycles. The minimum absolute atomic E-state index is 0.0544. The topological polar surface area (TPSA) is 57.5 Å². The van der Waals surface area contributed by atoms with Crippen molar-refractivity contribution in [1.29, 1.82) is 0 Å². The Morgan fingerprint density at radius 2 is 2.14 bits per heavy atom. The highest BCUT2D eigenvalue weighted by molar-refractivity contribution is 5.77. The molecule has 1 aliphatic carbocycles. The van der Waals surface area contributed by atoms with Crippen molar-refractivity contribution in [2.24, 2.45) is 11.8 Å². The molecular weight excluding hydrogens is 180 g/mol. The van der Waals surface area contributed by atoms with Gasteiger partial charge in [-0.1, -0.05) is 26.7 Å². The van der Waals surface area contributed by atoms with Crippen molar-refractivity contribution in [3.8, 4) is 0 Å². The molecule has 1 aliphatic rings. The summed E-state index contributed by atoms with van der Waals surface area (Å²) in [6, 6.07) is 0. The first kappa shape index (κ1) is 11.5. The molecule has 1 rings (SSSR count). The number of carboxylic acid groups (broad SMARTS) is 1. The van der Waals surface area contributed by atoms with E-state index in [2.05, 4.69) is 0 Å². The Morgan fingerprint density at radius 1 is 1.50 bits per heavy atom. The predicted octanol–water partition coefficient (Wildman–Crippen LogP) is 2.04. The molecule has 0 saturated heterocycles. The largest absolute Gasteiger partial charge is 0.479 e. The Kier molecular flexibility index (Phi) is 3.53. The Hall–Kier alpha value is -0.570. The summed E-state index contributed by atoms with van der Waals surface area (Å²) in [4.78, 5) is 11.1. The molecule has 1 fully saturated rings. The van der Waals surface area contributed by atoms with Crippen LogP contribution in [0, 0.1) is 11.8 Å². The Balaban J connectivity index is 2.77. The molecule has 0 radical (unpaired) electrons. The molecule has 1 saturated carbocycles. The second-order valence-corrected chi connectivity index (χ2v) is 4.60. The standard InChI is InChI=1S/C11H20O3/c1-3-4-9-6-5-8(2)7-11(9,14)10(12)13/h8-9,14H,3-7H2,1-2H3,(H,12,13). The Labute approximate surface area is 85.1 Å². The van der Waals surface area contributed by atoms with Crippen molar-refractivity contribution in [2.45, 2.75) is 51.6 Å². The van der Waals surface area contributed by atoms with E-state index in [1.807, 2.05) is 13.8 Å². The average Bonchev–Trinajstić information content (AvgIpc) is 2.10. The highest BCUT2D eigenvalue weighted by Gasteiger charge is 2.46. The van der Waals surface area contributed by atoms with Crippen LogP contribution in [-0.4, -0.2) is 21.8 Å². The average molecular weight is 200 g/mol. The van der Waals surface area contributed by atoms with Gasteiger partial charge in [-0.25, -0.2) is 4.79 Å². The number of hydrogen-bond acceptors (Lipinski definition) is 2. The highest BCUT2D eigenvalue weighted by Crippen LogP contribution is 2.39. The molecule has 3 nitrogen and oxygen atoms in total. The molecule has 3 unspecified atom stereocenters. The van der Waals surface area contributed by atoms with Crippen LogP contribution in [0.15, 0.2) is 0 Å². The number of carboxylic acids is 1. The van der Waals surface area contributed by atoms with Crippen LogP contribution in [0.25, 0.3) is 0 Å². The fourth-order valence-electron chi connectivity index (χ4n) is 2.52. The van der Waals surface area contributed by atoms with Crippen molar-refractivity contribution >= 4 is 5.97 Å². The smallest absolute Gasteiger partial charge is 0.335 e. The minimum Gasteiger partial charge on any atom is -0.479 e. The van der Waals surface area contributed by atoms with Crippen LogP contribution >= 0.6 is 0 Å². The maximum absolute atomic E-state index is 11.1. The molecule has 3 atom stereocenters. The number of rotatable bonds is 3.